The third-order valence-corrected chi connectivity index (χ3v) is 2.79. The van der Waals surface area contributed by atoms with Gasteiger partial charge in [0.25, 0.3) is 11.5 Å². The van der Waals surface area contributed by atoms with Gasteiger partial charge in [0.15, 0.2) is 0 Å². The number of hydrogen-bond acceptors (Lipinski definition) is 3. The van der Waals surface area contributed by atoms with E-state index in [9.17, 15) is 14.4 Å². The van der Waals surface area contributed by atoms with Crippen LogP contribution in [0, 0.1) is 5.41 Å². The highest BCUT2D eigenvalue weighted by atomic mass is 16.4. The van der Waals surface area contributed by atoms with Crippen LogP contribution in [0.5, 0.6) is 0 Å². The molecule has 6 heteroatoms. The number of H-pyrrole nitrogens is 1. The van der Waals surface area contributed by atoms with E-state index in [1.165, 1.54) is 12.3 Å². The second-order valence-electron chi connectivity index (χ2n) is 5.40. The van der Waals surface area contributed by atoms with E-state index in [1.807, 2.05) is 20.8 Å². The fourth-order valence-corrected chi connectivity index (χ4v) is 1.58. The van der Waals surface area contributed by atoms with Gasteiger partial charge in [-0.15, -0.1) is 0 Å². The lowest BCUT2D eigenvalue weighted by Gasteiger charge is -2.30. The summed E-state index contributed by atoms with van der Waals surface area (Å²) in [5, 5.41) is 11.5. The Labute approximate surface area is 110 Å². The van der Waals surface area contributed by atoms with Gasteiger partial charge in [-0.25, -0.2) is 0 Å². The van der Waals surface area contributed by atoms with Crippen LogP contribution < -0.4 is 10.9 Å². The Morgan fingerprint density at radius 2 is 2.05 bits per heavy atom. The molecule has 1 heterocycles. The van der Waals surface area contributed by atoms with Gasteiger partial charge in [0.2, 0.25) is 0 Å². The molecule has 1 atom stereocenters. The number of hydrogen-bond donors (Lipinski definition) is 3. The first-order valence-corrected chi connectivity index (χ1v) is 5.92. The van der Waals surface area contributed by atoms with Crippen LogP contribution in [0.25, 0.3) is 0 Å². The number of aromatic nitrogens is 1. The Balaban J connectivity index is 2.92. The molecule has 1 aromatic heterocycles. The van der Waals surface area contributed by atoms with Gasteiger partial charge in [-0.05, 0) is 17.5 Å². The van der Waals surface area contributed by atoms with Crippen molar-refractivity contribution in [3.05, 3.63) is 34.2 Å². The van der Waals surface area contributed by atoms with Crippen molar-refractivity contribution < 1.29 is 14.7 Å². The third-order valence-electron chi connectivity index (χ3n) is 2.79. The van der Waals surface area contributed by atoms with Gasteiger partial charge in [0, 0.05) is 12.2 Å². The quantitative estimate of drug-likeness (QED) is 0.756. The number of carboxylic acid groups (broad SMARTS) is 1. The summed E-state index contributed by atoms with van der Waals surface area (Å²) in [6.45, 7) is 5.49. The van der Waals surface area contributed by atoms with Crippen LogP contribution in [-0.4, -0.2) is 28.0 Å². The van der Waals surface area contributed by atoms with E-state index in [4.69, 9.17) is 5.11 Å². The Kier molecular flexibility index (Phi) is 4.47. The molecule has 104 valence electrons. The molecule has 0 saturated heterocycles. The average molecular weight is 266 g/mol. The largest absolute Gasteiger partial charge is 0.481 e. The summed E-state index contributed by atoms with van der Waals surface area (Å²) in [5.74, 6) is -1.56. The molecule has 0 saturated carbocycles. The number of carbonyl (C=O) groups is 2. The van der Waals surface area contributed by atoms with Gasteiger partial charge in [-0.1, -0.05) is 20.8 Å². The molecule has 0 fully saturated rings. The zero-order chi connectivity index (χ0) is 14.6. The van der Waals surface area contributed by atoms with Crippen LogP contribution in [0.3, 0.4) is 0 Å². The van der Waals surface area contributed by atoms with Crippen molar-refractivity contribution in [2.45, 2.75) is 33.2 Å². The summed E-state index contributed by atoms with van der Waals surface area (Å²) in [6, 6.07) is 2.38. The fraction of sp³-hybridized carbons (Fsp3) is 0.462. The zero-order valence-corrected chi connectivity index (χ0v) is 11.2. The van der Waals surface area contributed by atoms with Crippen LogP contribution >= 0.6 is 0 Å². The summed E-state index contributed by atoms with van der Waals surface area (Å²) < 4.78 is 0. The standard InChI is InChI=1S/C13H18N2O4/c1-13(2,3)9(7-10(16)17)15-12(19)8-5-4-6-14-11(8)18/h4-6,9H,7H2,1-3H3,(H,14,18)(H,15,19)(H,16,17). The maximum atomic E-state index is 12.0. The van der Waals surface area contributed by atoms with Crippen LogP contribution in [0.15, 0.2) is 23.1 Å². The second kappa shape index (κ2) is 5.69. The van der Waals surface area contributed by atoms with E-state index in [1.54, 1.807) is 6.07 Å². The Morgan fingerprint density at radius 1 is 1.42 bits per heavy atom. The minimum atomic E-state index is -0.998. The Hall–Kier alpha value is -2.11. The molecule has 1 aromatic rings. The number of rotatable bonds is 4. The smallest absolute Gasteiger partial charge is 0.305 e. The first kappa shape index (κ1) is 14.9. The topological polar surface area (TPSA) is 99.3 Å². The van der Waals surface area contributed by atoms with Gasteiger partial charge in [0.1, 0.15) is 5.56 Å². The molecule has 6 nitrogen and oxygen atoms in total. The molecule has 19 heavy (non-hydrogen) atoms. The monoisotopic (exact) mass is 266 g/mol. The summed E-state index contributed by atoms with van der Waals surface area (Å²) in [4.78, 5) is 36.7. The number of carbonyl (C=O) groups excluding carboxylic acids is 1. The molecular formula is C13H18N2O4. The van der Waals surface area contributed by atoms with E-state index in [-0.39, 0.29) is 12.0 Å². The van der Waals surface area contributed by atoms with E-state index in [0.717, 1.165) is 0 Å². The summed E-state index contributed by atoms with van der Waals surface area (Å²) in [5.41, 5.74) is -0.944. The molecule has 0 bridgehead atoms. The van der Waals surface area contributed by atoms with E-state index in [0.29, 0.717) is 0 Å². The number of nitrogens with one attached hydrogen (secondary N) is 2. The van der Waals surface area contributed by atoms with Crippen molar-refractivity contribution in [3.63, 3.8) is 0 Å². The predicted molar refractivity (Wildman–Crippen MR) is 70.0 cm³/mol. The van der Waals surface area contributed by atoms with Crippen LogP contribution in [0.4, 0.5) is 0 Å². The molecule has 0 radical (unpaired) electrons. The lowest BCUT2D eigenvalue weighted by Crippen LogP contribution is -2.46. The normalized spacial score (nSPS) is 12.8. The number of amides is 1. The molecule has 1 rings (SSSR count). The molecule has 1 amide bonds. The maximum Gasteiger partial charge on any atom is 0.305 e. The van der Waals surface area contributed by atoms with Crippen molar-refractivity contribution in [3.8, 4) is 0 Å². The Morgan fingerprint density at radius 3 is 2.53 bits per heavy atom. The summed E-state index contributed by atoms with van der Waals surface area (Å²) in [6.07, 6.45) is 1.23. The highest BCUT2D eigenvalue weighted by Gasteiger charge is 2.29. The number of aliphatic carboxylic acids is 1. The molecule has 0 aromatic carbocycles. The van der Waals surface area contributed by atoms with Gasteiger partial charge >= 0.3 is 5.97 Å². The third kappa shape index (κ3) is 4.24. The average Bonchev–Trinajstić information content (AvgIpc) is 2.26. The minimum Gasteiger partial charge on any atom is -0.481 e. The van der Waals surface area contributed by atoms with Crippen molar-refractivity contribution in [2.75, 3.05) is 0 Å². The predicted octanol–water partition coefficient (Wildman–Crippen LogP) is 0.994. The fourth-order valence-electron chi connectivity index (χ4n) is 1.58. The second-order valence-corrected chi connectivity index (χ2v) is 5.40. The highest BCUT2D eigenvalue weighted by Crippen LogP contribution is 2.22. The summed E-state index contributed by atoms with van der Waals surface area (Å²) >= 11 is 0. The molecule has 0 aliphatic rings. The zero-order valence-electron chi connectivity index (χ0n) is 11.2. The van der Waals surface area contributed by atoms with Crippen LogP contribution in [0.2, 0.25) is 0 Å². The lowest BCUT2D eigenvalue weighted by molar-refractivity contribution is -0.138. The highest BCUT2D eigenvalue weighted by molar-refractivity contribution is 5.94. The number of aromatic amines is 1. The molecule has 0 aliphatic carbocycles. The molecular weight excluding hydrogens is 248 g/mol. The van der Waals surface area contributed by atoms with E-state index in [2.05, 4.69) is 10.3 Å². The number of pyridine rings is 1. The van der Waals surface area contributed by atoms with Crippen molar-refractivity contribution in [1.29, 1.82) is 0 Å². The van der Waals surface area contributed by atoms with Gasteiger partial charge in [-0.3, -0.25) is 14.4 Å². The van der Waals surface area contributed by atoms with Gasteiger partial charge < -0.3 is 15.4 Å². The number of carboxylic acids is 1. The van der Waals surface area contributed by atoms with Gasteiger partial charge in [0.05, 0.1) is 6.42 Å². The molecule has 0 aliphatic heterocycles. The first-order chi connectivity index (χ1) is 8.71. The maximum absolute atomic E-state index is 12.0. The van der Waals surface area contributed by atoms with Crippen LogP contribution in [-0.2, 0) is 4.79 Å². The van der Waals surface area contributed by atoms with Crippen molar-refractivity contribution in [2.24, 2.45) is 5.41 Å². The first-order valence-electron chi connectivity index (χ1n) is 5.92. The van der Waals surface area contributed by atoms with Crippen LogP contribution in [0.1, 0.15) is 37.6 Å². The lowest BCUT2D eigenvalue weighted by atomic mass is 9.84. The molecule has 1 unspecified atom stereocenters. The molecule has 3 N–H and O–H groups in total. The minimum absolute atomic E-state index is 0.0258. The van der Waals surface area contributed by atoms with Gasteiger partial charge in [-0.2, -0.15) is 0 Å². The SMILES string of the molecule is CC(C)(C)C(CC(=O)O)NC(=O)c1ccc[nH]c1=O. The van der Waals surface area contributed by atoms with Crippen molar-refractivity contribution >= 4 is 11.9 Å². The van der Waals surface area contributed by atoms with Crippen molar-refractivity contribution in [1.82, 2.24) is 10.3 Å². The van der Waals surface area contributed by atoms with E-state index < -0.39 is 28.9 Å². The summed E-state index contributed by atoms with van der Waals surface area (Å²) in [7, 11) is 0. The van der Waals surface area contributed by atoms with E-state index >= 15 is 0 Å². The molecule has 0 spiro atoms. The Bertz CT molecular complexity index is 528.